The summed E-state index contributed by atoms with van der Waals surface area (Å²) in [5, 5.41) is 10.1. The van der Waals surface area contributed by atoms with Gasteiger partial charge in [-0.1, -0.05) is 71.7 Å². The van der Waals surface area contributed by atoms with Crippen LogP contribution in [0.5, 0.6) is 0 Å². The molecule has 208 valence electrons. The van der Waals surface area contributed by atoms with E-state index in [1.165, 1.54) is 0 Å². The number of aryl methyl sites for hydroxylation is 2. The number of rotatable bonds is 8. The second-order valence-corrected chi connectivity index (χ2v) is 11.2. The molecule has 2 heterocycles. The van der Waals surface area contributed by atoms with Crippen molar-refractivity contribution in [2.24, 2.45) is 0 Å². The fourth-order valence-electron chi connectivity index (χ4n) is 5.40. The number of nitrogen functional groups attached to an aromatic ring is 1. The predicted molar refractivity (Wildman–Crippen MR) is 158 cm³/mol. The number of nitrogens with one attached hydrogen (secondary N) is 1. The molecule has 1 aliphatic rings. The number of carbonyl (C=O) groups is 2. The van der Waals surface area contributed by atoms with Crippen molar-refractivity contribution in [2.75, 3.05) is 18.8 Å². The fraction of sp³-hybridized carbons (Fsp3) is 0.333. The molecule has 1 saturated heterocycles. The van der Waals surface area contributed by atoms with Crippen LogP contribution in [0.4, 0.5) is 5.95 Å². The van der Waals surface area contributed by atoms with E-state index in [0.29, 0.717) is 61.1 Å². The van der Waals surface area contributed by atoms with Crippen molar-refractivity contribution in [3.63, 3.8) is 0 Å². The van der Waals surface area contributed by atoms with Gasteiger partial charge >= 0.3 is 0 Å². The molecule has 8 nitrogen and oxygen atoms in total. The number of nitrogens with two attached hydrogens (primary N) is 1. The number of halogens is 2. The van der Waals surface area contributed by atoms with Gasteiger partial charge in [0, 0.05) is 48.1 Å². The Balaban J connectivity index is 1.29. The van der Waals surface area contributed by atoms with Crippen LogP contribution >= 0.6 is 23.2 Å². The molecular weight excluding hydrogens is 547 g/mol. The smallest absolute Gasteiger partial charge is 0.239 e. The maximum absolute atomic E-state index is 13.5. The van der Waals surface area contributed by atoms with E-state index >= 15 is 0 Å². The standard InChI is InChI=1S/C30H32Cl2N6O2/c1-19-17-38(28(39)13-9-22-8-10-24(31)16-26(22)32)25(11-12-27-34-30(33)36-35-27)18-37(19)29(40)15-20-6-7-21-4-2-3-5-23(21)14-20/h2-8,10,14,16,19,25H,9,11-13,15,17-18H2,1H3,(H3,33,34,35,36)/t19-,25?/m1/s1. The molecule has 10 heteroatoms. The molecule has 3 aromatic carbocycles. The number of hydrogen-bond donors (Lipinski definition) is 2. The minimum Gasteiger partial charge on any atom is -0.367 e. The van der Waals surface area contributed by atoms with Crippen molar-refractivity contribution in [2.45, 2.75) is 51.1 Å². The van der Waals surface area contributed by atoms with Gasteiger partial charge in [-0.05, 0) is 53.8 Å². The number of anilines is 1. The minimum atomic E-state index is -0.170. The quantitative estimate of drug-likeness (QED) is 0.303. The van der Waals surface area contributed by atoms with Gasteiger partial charge in [-0.2, -0.15) is 4.98 Å². The van der Waals surface area contributed by atoms with E-state index in [9.17, 15) is 9.59 Å². The molecule has 0 radical (unpaired) electrons. The van der Waals surface area contributed by atoms with Crippen molar-refractivity contribution >= 4 is 51.7 Å². The average molecular weight is 580 g/mol. The Hall–Kier alpha value is -3.62. The van der Waals surface area contributed by atoms with Gasteiger partial charge < -0.3 is 15.5 Å². The summed E-state index contributed by atoms with van der Waals surface area (Å²) in [5.41, 5.74) is 7.53. The van der Waals surface area contributed by atoms with Crippen molar-refractivity contribution in [3.8, 4) is 0 Å². The Morgan fingerprint density at radius 1 is 0.975 bits per heavy atom. The van der Waals surface area contributed by atoms with E-state index in [1.807, 2.05) is 41.0 Å². The summed E-state index contributed by atoms with van der Waals surface area (Å²) in [6.07, 6.45) is 2.31. The largest absolute Gasteiger partial charge is 0.367 e. The molecule has 0 bridgehead atoms. The average Bonchev–Trinajstić information content (AvgIpc) is 3.36. The zero-order valence-electron chi connectivity index (χ0n) is 22.3. The van der Waals surface area contributed by atoms with Crippen LogP contribution in [0, 0.1) is 0 Å². The number of hydrogen-bond acceptors (Lipinski definition) is 5. The van der Waals surface area contributed by atoms with E-state index in [0.717, 1.165) is 21.9 Å². The van der Waals surface area contributed by atoms with E-state index < -0.39 is 0 Å². The highest BCUT2D eigenvalue weighted by Gasteiger charge is 2.36. The Labute approximate surface area is 243 Å². The lowest BCUT2D eigenvalue weighted by molar-refractivity contribution is -0.146. The van der Waals surface area contributed by atoms with Gasteiger partial charge in [0.25, 0.3) is 0 Å². The molecule has 0 aliphatic carbocycles. The highest BCUT2D eigenvalue weighted by atomic mass is 35.5. The van der Waals surface area contributed by atoms with E-state index in [4.69, 9.17) is 28.9 Å². The lowest BCUT2D eigenvalue weighted by atomic mass is 9.99. The number of fused-ring (bicyclic) bond motifs is 1. The summed E-state index contributed by atoms with van der Waals surface area (Å²) in [5.74, 6) is 0.927. The van der Waals surface area contributed by atoms with Crippen molar-refractivity contribution in [1.82, 2.24) is 25.0 Å². The zero-order chi connectivity index (χ0) is 28.2. The summed E-state index contributed by atoms with van der Waals surface area (Å²) in [6, 6.07) is 19.3. The molecule has 2 atom stereocenters. The normalized spacial score (nSPS) is 17.4. The molecule has 0 saturated carbocycles. The molecule has 4 aromatic rings. The third-order valence-corrected chi connectivity index (χ3v) is 8.12. The van der Waals surface area contributed by atoms with Crippen LogP contribution < -0.4 is 5.73 Å². The van der Waals surface area contributed by atoms with Crippen LogP contribution in [0.25, 0.3) is 10.8 Å². The van der Waals surface area contributed by atoms with E-state index in [-0.39, 0.29) is 29.8 Å². The monoisotopic (exact) mass is 578 g/mol. The first kappa shape index (κ1) is 27.9. The van der Waals surface area contributed by atoms with Gasteiger partial charge in [0.2, 0.25) is 17.8 Å². The minimum absolute atomic E-state index is 0.0292. The van der Waals surface area contributed by atoms with Gasteiger partial charge in [0.15, 0.2) is 0 Å². The van der Waals surface area contributed by atoms with Crippen LogP contribution in [0.2, 0.25) is 10.0 Å². The summed E-state index contributed by atoms with van der Waals surface area (Å²) in [4.78, 5) is 35.1. The van der Waals surface area contributed by atoms with Gasteiger partial charge in [-0.25, -0.2) is 0 Å². The SMILES string of the molecule is C[C@@H]1CN(C(=O)CCc2ccc(Cl)cc2Cl)C(CCc2nc(N)n[nH]2)CN1C(=O)Cc1ccc2ccccc2c1. The third-order valence-electron chi connectivity index (χ3n) is 7.54. The van der Waals surface area contributed by atoms with Gasteiger partial charge in [-0.3, -0.25) is 14.7 Å². The highest BCUT2D eigenvalue weighted by molar-refractivity contribution is 6.35. The molecule has 2 amide bonds. The Kier molecular flexibility index (Phi) is 8.57. The Morgan fingerprint density at radius 3 is 2.52 bits per heavy atom. The molecule has 40 heavy (non-hydrogen) atoms. The number of benzene rings is 3. The third kappa shape index (κ3) is 6.57. The molecule has 5 rings (SSSR count). The number of H-pyrrole nitrogens is 1. The lowest BCUT2D eigenvalue weighted by Crippen LogP contribution is -2.60. The summed E-state index contributed by atoms with van der Waals surface area (Å²) < 4.78 is 0. The molecule has 3 N–H and O–H groups in total. The second-order valence-electron chi connectivity index (χ2n) is 10.4. The van der Waals surface area contributed by atoms with Crippen LogP contribution in [0.3, 0.4) is 0 Å². The number of aromatic nitrogens is 3. The van der Waals surface area contributed by atoms with Crippen LogP contribution in [-0.2, 0) is 28.9 Å². The number of aromatic amines is 1. The molecule has 1 aromatic heterocycles. The lowest BCUT2D eigenvalue weighted by Gasteiger charge is -2.45. The topological polar surface area (TPSA) is 108 Å². The van der Waals surface area contributed by atoms with E-state index in [1.54, 1.807) is 12.1 Å². The van der Waals surface area contributed by atoms with Crippen LogP contribution in [0.1, 0.15) is 36.7 Å². The zero-order valence-corrected chi connectivity index (χ0v) is 23.8. The summed E-state index contributed by atoms with van der Waals surface area (Å²) in [6.45, 7) is 2.91. The number of carbonyl (C=O) groups excluding carboxylic acids is 2. The van der Waals surface area contributed by atoms with Gasteiger partial charge in [-0.15, -0.1) is 5.10 Å². The summed E-state index contributed by atoms with van der Waals surface area (Å²) in [7, 11) is 0. The van der Waals surface area contributed by atoms with Gasteiger partial charge in [0.05, 0.1) is 6.42 Å². The fourth-order valence-corrected chi connectivity index (χ4v) is 5.90. The maximum atomic E-state index is 13.5. The van der Waals surface area contributed by atoms with Crippen molar-refractivity contribution in [1.29, 1.82) is 0 Å². The molecule has 0 spiro atoms. The molecule has 1 unspecified atom stereocenters. The Morgan fingerprint density at radius 2 is 1.77 bits per heavy atom. The second kappa shape index (κ2) is 12.3. The highest BCUT2D eigenvalue weighted by Crippen LogP contribution is 2.25. The maximum Gasteiger partial charge on any atom is 0.239 e. The van der Waals surface area contributed by atoms with Crippen LogP contribution in [0.15, 0.2) is 60.7 Å². The molecule has 1 aliphatic heterocycles. The van der Waals surface area contributed by atoms with Crippen LogP contribution in [-0.4, -0.2) is 62.0 Å². The van der Waals surface area contributed by atoms with Crippen molar-refractivity contribution < 1.29 is 9.59 Å². The van der Waals surface area contributed by atoms with E-state index in [2.05, 4.69) is 39.4 Å². The number of amides is 2. The van der Waals surface area contributed by atoms with Gasteiger partial charge in [0.1, 0.15) is 5.82 Å². The predicted octanol–water partition coefficient (Wildman–Crippen LogP) is 5.08. The Bertz CT molecular complexity index is 1520. The first-order chi connectivity index (χ1) is 19.3. The van der Waals surface area contributed by atoms with Crippen molar-refractivity contribution in [3.05, 3.63) is 87.7 Å². The summed E-state index contributed by atoms with van der Waals surface area (Å²) >= 11 is 12.4. The molecular formula is C30H32Cl2N6O2. The first-order valence-corrected chi connectivity index (χ1v) is 14.2. The number of piperazine rings is 1. The number of nitrogens with zero attached hydrogens (tertiary/aromatic N) is 4. The first-order valence-electron chi connectivity index (χ1n) is 13.4. The molecule has 1 fully saturated rings.